The van der Waals surface area contributed by atoms with Crippen LogP contribution in [0, 0.1) is 0 Å². The minimum Gasteiger partial charge on any atom is -0.442 e. The van der Waals surface area contributed by atoms with E-state index in [1.165, 1.54) is 0 Å². The summed E-state index contributed by atoms with van der Waals surface area (Å²) in [6.07, 6.45) is 10.2. The van der Waals surface area contributed by atoms with Gasteiger partial charge in [0.1, 0.15) is 18.3 Å². The zero-order chi connectivity index (χ0) is 26.8. The van der Waals surface area contributed by atoms with Crippen LogP contribution in [0.4, 0.5) is 4.79 Å². The van der Waals surface area contributed by atoms with Gasteiger partial charge in [0.05, 0.1) is 11.4 Å². The lowest BCUT2D eigenvalue weighted by atomic mass is 10.2. The number of carbonyl (C=O) groups is 1. The van der Waals surface area contributed by atoms with Gasteiger partial charge < -0.3 is 24.7 Å². The molecule has 0 spiro atoms. The fraction of sp³-hybridized carbons (Fsp3) is 0.370. The topological polar surface area (TPSA) is 134 Å². The highest BCUT2D eigenvalue weighted by Crippen LogP contribution is 2.17. The number of aromatic nitrogens is 6. The number of pyridine rings is 2. The van der Waals surface area contributed by atoms with Gasteiger partial charge in [-0.25, -0.2) is 14.8 Å². The molecule has 0 bridgehead atoms. The molecule has 0 radical (unpaired) electrons. The van der Waals surface area contributed by atoms with Crippen LogP contribution in [0.3, 0.4) is 0 Å². The average molecular weight is 506 g/mol. The fourth-order valence-corrected chi connectivity index (χ4v) is 3.53. The molecule has 37 heavy (non-hydrogen) atoms. The molecule has 0 aliphatic carbocycles. The minimum absolute atomic E-state index is 0.0300. The second kappa shape index (κ2) is 13.3. The predicted octanol–water partition coefficient (Wildman–Crippen LogP) is 3.99. The quantitative estimate of drug-likeness (QED) is 0.351. The normalized spacial score (nSPS) is 10.9. The number of aliphatic hydroxyl groups excluding tert-OH is 1. The van der Waals surface area contributed by atoms with Gasteiger partial charge in [-0.15, -0.1) is 0 Å². The smallest absolute Gasteiger partial charge is 0.404 e. The number of ether oxygens (including phenoxy) is 1. The third-order valence-electron chi connectivity index (χ3n) is 5.63. The molecular weight excluding hydrogens is 470 g/mol. The predicted molar refractivity (Wildman–Crippen MR) is 140 cm³/mol. The van der Waals surface area contributed by atoms with Crippen LogP contribution >= 0.6 is 0 Å². The van der Waals surface area contributed by atoms with Crippen molar-refractivity contribution in [3.05, 3.63) is 95.6 Å². The highest BCUT2D eigenvalue weighted by Gasteiger charge is 2.13. The first-order chi connectivity index (χ1) is 17.8. The van der Waals surface area contributed by atoms with E-state index in [0.717, 1.165) is 29.1 Å². The van der Waals surface area contributed by atoms with E-state index in [0.29, 0.717) is 30.0 Å². The van der Waals surface area contributed by atoms with Crippen LogP contribution < -0.4 is 5.73 Å². The van der Waals surface area contributed by atoms with Crippen LogP contribution in [0.15, 0.2) is 61.4 Å². The standard InChI is InChI=1S/C14H18N4O2.C13H17N3O/c1-10(2)12-8-18(7-11-3-5-16-6-4-11)13(17-12)9-20-14(15)19;1-10(2)12-8-16(13(9-17)15-12)7-11-3-5-14-6-4-11/h3-6,8,10H,7,9H2,1-2H3,(H2,15,19);3-6,8,10,17H,7,9H2,1-2H3. The largest absolute Gasteiger partial charge is 0.442 e. The molecule has 196 valence electrons. The van der Waals surface area contributed by atoms with Gasteiger partial charge in [0, 0.05) is 50.3 Å². The Morgan fingerprint density at radius 3 is 1.68 bits per heavy atom. The summed E-state index contributed by atoms with van der Waals surface area (Å²) in [7, 11) is 0. The number of nitrogens with two attached hydrogens (primary N) is 1. The Bertz CT molecular complexity index is 1250. The summed E-state index contributed by atoms with van der Waals surface area (Å²) < 4.78 is 8.80. The SMILES string of the molecule is CC(C)c1cn(Cc2ccncc2)c(CO)n1.CC(C)c1cn(Cc2ccncc2)c(COC(N)=O)n1. The summed E-state index contributed by atoms with van der Waals surface area (Å²) in [5.41, 5.74) is 9.24. The highest BCUT2D eigenvalue weighted by molar-refractivity contribution is 5.64. The maximum Gasteiger partial charge on any atom is 0.404 e. The van der Waals surface area contributed by atoms with Gasteiger partial charge >= 0.3 is 6.09 Å². The molecule has 0 unspecified atom stereocenters. The molecule has 0 atom stereocenters. The summed E-state index contributed by atoms with van der Waals surface area (Å²) >= 11 is 0. The van der Waals surface area contributed by atoms with Crippen LogP contribution in [-0.4, -0.2) is 40.3 Å². The summed E-state index contributed by atoms with van der Waals surface area (Å²) in [5, 5.41) is 9.30. The highest BCUT2D eigenvalue weighted by atomic mass is 16.5. The molecule has 1 amide bonds. The summed E-state index contributed by atoms with van der Waals surface area (Å²) in [6.45, 7) is 9.75. The van der Waals surface area contributed by atoms with Crippen LogP contribution in [0.5, 0.6) is 0 Å². The van der Waals surface area contributed by atoms with Crippen molar-refractivity contribution in [3.8, 4) is 0 Å². The molecule has 0 aliphatic rings. The van der Waals surface area contributed by atoms with Crippen molar-refractivity contribution in [1.29, 1.82) is 0 Å². The Kier molecular flexibility index (Phi) is 9.91. The van der Waals surface area contributed by atoms with Gasteiger partial charge in [-0.2, -0.15) is 0 Å². The lowest BCUT2D eigenvalue weighted by Crippen LogP contribution is -2.15. The first-order valence-electron chi connectivity index (χ1n) is 12.2. The first kappa shape index (κ1) is 27.5. The zero-order valence-electron chi connectivity index (χ0n) is 21.8. The molecule has 0 aromatic carbocycles. The third kappa shape index (κ3) is 8.25. The number of rotatable bonds is 9. The number of nitrogens with zero attached hydrogens (tertiary/aromatic N) is 6. The number of hydrogen-bond acceptors (Lipinski definition) is 7. The van der Waals surface area contributed by atoms with Gasteiger partial charge in [0.25, 0.3) is 0 Å². The van der Waals surface area contributed by atoms with Crippen LogP contribution in [0.25, 0.3) is 0 Å². The Morgan fingerprint density at radius 1 is 0.838 bits per heavy atom. The lowest BCUT2D eigenvalue weighted by molar-refractivity contribution is 0.146. The molecule has 10 nitrogen and oxygen atoms in total. The van der Waals surface area contributed by atoms with Crippen molar-refractivity contribution in [1.82, 2.24) is 29.1 Å². The van der Waals surface area contributed by atoms with E-state index in [1.807, 2.05) is 45.8 Å². The summed E-state index contributed by atoms with van der Waals surface area (Å²) in [4.78, 5) is 27.6. The van der Waals surface area contributed by atoms with Crippen molar-refractivity contribution in [2.24, 2.45) is 5.73 Å². The van der Waals surface area contributed by atoms with Crippen LogP contribution in [0.1, 0.15) is 73.7 Å². The van der Waals surface area contributed by atoms with Gasteiger partial charge in [-0.05, 0) is 47.2 Å². The number of primary amides is 1. The fourth-order valence-electron chi connectivity index (χ4n) is 3.53. The van der Waals surface area contributed by atoms with E-state index in [-0.39, 0.29) is 13.2 Å². The lowest BCUT2D eigenvalue weighted by Gasteiger charge is -2.07. The number of carbonyl (C=O) groups excluding carboxylic acids is 1. The molecule has 3 N–H and O–H groups in total. The van der Waals surface area contributed by atoms with E-state index in [4.69, 9.17) is 10.5 Å². The molecule has 4 aromatic rings. The van der Waals surface area contributed by atoms with E-state index >= 15 is 0 Å². The van der Waals surface area contributed by atoms with E-state index in [1.54, 1.807) is 24.8 Å². The second-order valence-electron chi connectivity index (χ2n) is 9.21. The Morgan fingerprint density at radius 2 is 1.27 bits per heavy atom. The van der Waals surface area contributed by atoms with Crippen LogP contribution in [-0.2, 0) is 31.0 Å². The molecule has 0 aliphatic heterocycles. The van der Waals surface area contributed by atoms with Crippen molar-refractivity contribution >= 4 is 6.09 Å². The van der Waals surface area contributed by atoms with Crippen LogP contribution in [0.2, 0.25) is 0 Å². The number of amides is 1. The van der Waals surface area contributed by atoms with E-state index in [9.17, 15) is 9.90 Å². The Balaban J connectivity index is 0.000000208. The van der Waals surface area contributed by atoms with Gasteiger partial charge in [0.15, 0.2) is 6.61 Å². The van der Waals surface area contributed by atoms with E-state index in [2.05, 4.69) is 47.6 Å². The van der Waals surface area contributed by atoms with E-state index < -0.39 is 6.09 Å². The van der Waals surface area contributed by atoms with Crippen molar-refractivity contribution in [2.75, 3.05) is 0 Å². The molecule has 0 saturated carbocycles. The molecule has 0 saturated heterocycles. The monoisotopic (exact) mass is 505 g/mol. The van der Waals surface area contributed by atoms with Crippen molar-refractivity contribution in [2.45, 2.75) is 65.8 Å². The summed E-state index contributed by atoms with van der Waals surface area (Å²) in [5.74, 6) is 2.08. The van der Waals surface area contributed by atoms with Gasteiger partial charge in [-0.1, -0.05) is 27.7 Å². The second-order valence-corrected chi connectivity index (χ2v) is 9.21. The maximum atomic E-state index is 10.7. The zero-order valence-corrected chi connectivity index (χ0v) is 21.8. The number of hydrogen-bond donors (Lipinski definition) is 2. The number of aliphatic hydroxyl groups is 1. The van der Waals surface area contributed by atoms with Crippen molar-refractivity contribution < 1.29 is 14.6 Å². The molecule has 10 heteroatoms. The third-order valence-corrected chi connectivity index (χ3v) is 5.63. The molecular formula is C27H35N7O3. The Labute approximate surface area is 217 Å². The van der Waals surface area contributed by atoms with Gasteiger partial charge in [0.2, 0.25) is 0 Å². The summed E-state index contributed by atoms with van der Waals surface area (Å²) in [6, 6.07) is 7.81. The minimum atomic E-state index is -0.797. The Hall–Kier alpha value is -4.05. The molecule has 4 heterocycles. The van der Waals surface area contributed by atoms with Gasteiger partial charge in [-0.3, -0.25) is 9.97 Å². The van der Waals surface area contributed by atoms with Crippen molar-refractivity contribution in [3.63, 3.8) is 0 Å². The maximum absolute atomic E-state index is 10.7. The molecule has 0 fully saturated rings. The number of imidazole rings is 2. The molecule has 4 rings (SSSR count). The molecule has 4 aromatic heterocycles. The average Bonchev–Trinajstić information content (AvgIpc) is 3.48. The first-order valence-corrected chi connectivity index (χ1v) is 12.2.